The molecule has 0 amide bonds. The van der Waals surface area contributed by atoms with E-state index in [1.165, 1.54) is 6.07 Å². The van der Waals surface area contributed by atoms with E-state index >= 15 is 0 Å². The van der Waals surface area contributed by atoms with Crippen LogP contribution in [0, 0.1) is 0 Å². The minimum atomic E-state index is -0.0309. The maximum Gasteiger partial charge on any atom is 0.145 e. The van der Waals surface area contributed by atoms with Crippen LogP contribution in [0.15, 0.2) is 23.3 Å². The summed E-state index contributed by atoms with van der Waals surface area (Å²) in [7, 11) is 0. The number of halogens is 1. The standard InChI is InChI=1S/C9H9ClN4O/c10-7-4-6(2-1-3-13-14-12)9(15)8(11)5-7/h1-2,4-5,15H,3,11H2. The smallest absolute Gasteiger partial charge is 0.145 e. The molecule has 0 radical (unpaired) electrons. The molecule has 0 unspecified atom stereocenters. The number of nitrogen functional groups attached to an aromatic ring is 1. The number of aromatic hydroxyl groups is 1. The van der Waals surface area contributed by atoms with Gasteiger partial charge >= 0.3 is 0 Å². The predicted molar refractivity (Wildman–Crippen MR) is 60.6 cm³/mol. The Balaban J connectivity index is 2.94. The Morgan fingerprint density at radius 1 is 1.60 bits per heavy atom. The Labute approximate surface area is 91.4 Å². The molecule has 0 aliphatic heterocycles. The van der Waals surface area contributed by atoms with Crippen molar-refractivity contribution in [2.24, 2.45) is 5.11 Å². The fourth-order valence-corrected chi connectivity index (χ4v) is 1.27. The molecular formula is C9H9ClN4O. The lowest BCUT2D eigenvalue weighted by atomic mass is 10.1. The van der Waals surface area contributed by atoms with E-state index in [1.54, 1.807) is 18.2 Å². The van der Waals surface area contributed by atoms with Crippen molar-refractivity contribution in [1.82, 2.24) is 0 Å². The molecule has 0 atom stereocenters. The lowest BCUT2D eigenvalue weighted by Gasteiger charge is -2.03. The molecule has 0 spiro atoms. The van der Waals surface area contributed by atoms with Crippen LogP contribution in [0.5, 0.6) is 5.75 Å². The highest BCUT2D eigenvalue weighted by Crippen LogP contribution is 2.29. The molecule has 3 N–H and O–H groups in total. The van der Waals surface area contributed by atoms with Crippen LogP contribution in [0.4, 0.5) is 5.69 Å². The lowest BCUT2D eigenvalue weighted by molar-refractivity contribution is 0.476. The van der Waals surface area contributed by atoms with E-state index in [4.69, 9.17) is 22.9 Å². The molecule has 1 aromatic rings. The van der Waals surface area contributed by atoms with Gasteiger partial charge in [-0.1, -0.05) is 28.9 Å². The van der Waals surface area contributed by atoms with Gasteiger partial charge in [0.15, 0.2) is 0 Å². The topological polar surface area (TPSA) is 95.0 Å². The summed E-state index contributed by atoms with van der Waals surface area (Å²) in [5.74, 6) is -0.0309. The van der Waals surface area contributed by atoms with Crippen molar-refractivity contribution < 1.29 is 5.11 Å². The van der Waals surface area contributed by atoms with Crippen molar-refractivity contribution in [2.75, 3.05) is 12.3 Å². The maximum atomic E-state index is 9.54. The Morgan fingerprint density at radius 2 is 2.33 bits per heavy atom. The van der Waals surface area contributed by atoms with Crippen LogP contribution < -0.4 is 5.73 Å². The third-order valence-corrected chi connectivity index (χ3v) is 1.90. The number of anilines is 1. The van der Waals surface area contributed by atoms with Crippen LogP contribution in [0.2, 0.25) is 5.02 Å². The number of benzene rings is 1. The number of phenols is 1. The quantitative estimate of drug-likeness (QED) is 0.271. The number of nitrogens with two attached hydrogens (primary N) is 1. The molecule has 0 fully saturated rings. The van der Waals surface area contributed by atoms with Gasteiger partial charge in [0.1, 0.15) is 5.75 Å². The van der Waals surface area contributed by atoms with Crippen LogP contribution in [-0.4, -0.2) is 11.7 Å². The first-order chi connectivity index (χ1) is 7.15. The second-order valence-corrected chi connectivity index (χ2v) is 3.19. The van der Waals surface area contributed by atoms with Crippen molar-refractivity contribution >= 4 is 23.4 Å². The van der Waals surface area contributed by atoms with E-state index < -0.39 is 0 Å². The molecular weight excluding hydrogens is 216 g/mol. The zero-order valence-corrected chi connectivity index (χ0v) is 8.52. The summed E-state index contributed by atoms with van der Waals surface area (Å²) in [6, 6.07) is 3.03. The first kappa shape index (κ1) is 11.2. The Kier molecular flexibility index (Phi) is 3.85. The van der Waals surface area contributed by atoms with E-state index in [-0.39, 0.29) is 18.0 Å². The van der Waals surface area contributed by atoms with Crippen LogP contribution in [0.1, 0.15) is 5.56 Å². The van der Waals surface area contributed by atoms with Gasteiger partial charge in [0, 0.05) is 22.0 Å². The summed E-state index contributed by atoms with van der Waals surface area (Å²) in [6.45, 7) is 0.211. The average molecular weight is 225 g/mol. The fraction of sp³-hybridized carbons (Fsp3) is 0.111. The van der Waals surface area contributed by atoms with Crippen LogP contribution in [-0.2, 0) is 0 Å². The van der Waals surface area contributed by atoms with Crippen LogP contribution in [0.25, 0.3) is 16.5 Å². The van der Waals surface area contributed by atoms with Crippen molar-refractivity contribution in [2.45, 2.75) is 0 Å². The summed E-state index contributed by atoms with van der Waals surface area (Å²) in [6.07, 6.45) is 3.19. The average Bonchev–Trinajstić information content (AvgIpc) is 2.19. The van der Waals surface area contributed by atoms with E-state index in [1.807, 2.05) is 0 Å². The third kappa shape index (κ3) is 3.09. The van der Waals surface area contributed by atoms with Crippen LogP contribution >= 0.6 is 11.6 Å². The van der Waals surface area contributed by atoms with Crippen molar-refractivity contribution in [1.29, 1.82) is 0 Å². The van der Waals surface area contributed by atoms with Gasteiger partial charge in [-0.05, 0) is 17.7 Å². The monoisotopic (exact) mass is 224 g/mol. The molecule has 15 heavy (non-hydrogen) atoms. The first-order valence-electron chi connectivity index (χ1n) is 4.10. The molecule has 0 aliphatic carbocycles. The SMILES string of the molecule is [N-]=[N+]=NCC=Cc1cc(Cl)cc(N)c1O. The molecule has 78 valence electrons. The summed E-state index contributed by atoms with van der Waals surface area (Å²) in [4.78, 5) is 2.58. The molecule has 0 aromatic heterocycles. The van der Waals surface area contributed by atoms with Crippen LogP contribution in [0.3, 0.4) is 0 Å². The van der Waals surface area contributed by atoms with Gasteiger partial charge in [0.25, 0.3) is 0 Å². The summed E-state index contributed by atoms with van der Waals surface area (Å²) in [5.41, 5.74) is 14.2. The molecule has 0 bridgehead atoms. The summed E-state index contributed by atoms with van der Waals surface area (Å²) < 4.78 is 0. The molecule has 1 rings (SSSR count). The molecule has 0 saturated carbocycles. The minimum absolute atomic E-state index is 0.0309. The normalized spacial score (nSPS) is 10.2. The number of azide groups is 1. The van der Waals surface area contributed by atoms with Crippen molar-refractivity contribution in [3.05, 3.63) is 39.2 Å². The van der Waals surface area contributed by atoms with E-state index in [0.29, 0.717) is 10.6 Å². The second-order valence-electron chi connectivity index (χ2n) is 2.75. The highest BCUT2D eigenvalue weighted by atomic mass is 35.5. The van der Waals surface area contributed by atoms with E-state index in [2.05, 4.69) is 10.0 Å². The van der Waals surface area contributed by atoms with Gasteiger partial charge in [0.2, 0.25) is 0 Å². The number of hydrogen-bond donors (Lipinski definition) is 2. The molecule has 0 saturated heterocycles. The fourth-order valence-electron chi connectivity index (χ4n) is 1.03. The Morgan fingerprint density at radius 3 is 3.00 bits per heavy atom. The van der Waals surface area contributed by atoms with Gasteiger partial charge in [-0.15, -0.1) is 0 Å². The molecule has 5 nitrogen and oxygen atoms in total. The molecule has 6 heteroatoms. The predicted octanol–water partition coefficient (Wildman–Crippen LogP) is 2.95. The maximum absolute atomic E-state index is 9.54. The van der Waals surface area contributed by atoms with Gasteiger partial charge in [-0.25, -0.2) is 0 Å². The largest absolute Gasteiger partial charge is 0.505 e. The van der Waals surface area contributed by atoms with E-state index in [0.717, 1.165) is 0 Å². The molecule has 0 aliphatic rings. The summed E-state index contributed by atoms with van der Waals surface area (Å²) in [5, 5.41) is 13.3. The van der Waals surface area contributed by atoms with E-state index in [9.17, 15) is 5.11 Å². The van der Waals surface area contributed by atoms with Crippen molar-refractivity contribution in [3.63, 3.8) is 0 Å². The Bertz CT molecular complexity index is 438. The molecule has 0 heterocycles. The highest BCUT2D eigenvalue weighted by molar-refractivity contribution is 6.31. The minimum Gasteiger partial charge on any atom is -0.505 e. The van der Waals surface area contributed by atoms with Gasteiger partial charge in [-0.2, -0.15) is 0 Å². The van der Waals surface area contributed by atoms with Gasteiger partial charge in [-0.3, -0.25) is 0 Å². The summed E-state index contributed by atoms with van der Waals surface area (Å²) >= 11 is 5.76. The van der Waals surface area contributed by atoms with Gasteiger partial charge < -0.3 is 10.8 Å². The molecule has 1 aromatic carbocycles. The lowest BCUT2D eigenvalue weighted by Crippen LogP contribution is -1.87. The number of rotatable bonds is 3. The number of nitrogens with zero attached hydrogens (tertiary/aromatic N) is 3. The zero-order chi connectivity index (χ0) is 11.3. The van der Waals surface area contributed by atoms with Crippen molar-refractivity contribution in [3.8, 4) is 5.75 Å². The number of hydrogen-bond acceptors (Lipinski definition) is 3. The highest BCUT2D eigenvalue weighted by Gasteiger charge is 2.03. The third-order valence-electron chi connectivity index (χ3n) is 1.68. The first-order valence-corrected chi connectivity index (χ1v) is 4.48. The second kappa shape index (κ2) is 5.14. The number of phenolic OH excluding ortho intramolecular Hbond substituents is 1. The van der Waals surface area contributed by atoms with Gasteiger partial charge in [0.05, 0.1) is 5.69 Å². The zero-order valence-electron chi connectivity index (χ0n) is 7.76. The Hall–Kier alpha value is -1.84.